The van der Waals surface area contributed by atoms with Crippen LogP contribution in [0.15, 0.2) is 111 Å². The summed E-state index contributed by atoms with van der Waals surface area (Å²) >= 11 is 0. The number of cyclic esters (lactones) is 1. The summed E-state index contributed by atoms with van der Waals surface area (Å²) in [5.74, 6) is 7.14. The predicted octanol–water partition coefficient (Wildman–Crippen LogP) is 27.2. The number of carbonyl (C=O) groups is 6. The maximum absolute atomic E-state index is 11.4. The number of morpholine rings is 1. The summed E-state index contributed by atoms with van der Waals surface area (Å²) < 4.78 is 50.7. The lowest BCUT2D eigenvalue weighted by Crippen LogP contribution is -2.37. The summed E-state index contributed by atoms with van der Waals surface area (Å²) in [6.07, 6.45) is 12.9. The molecule has 4 unspecified atom stereocenters. The third-order valence-electron chi connectivity index (χ3n) is 20.9. The molecule has 9 rings (SSSR count). The van der Waals surface area contributed by atoms with Crippen LogP contribution in [0.5, 0.6) is 5.75 Å². The van der Waals surface area contributed by atoms with Crippen LogP contribution in [0.1, 0.15) is 372 Å². The number of Topliss-reactive ketones (excluding diaryl/α,β-unsaturated/α-hetero) is 1. The molecule has 0 radical (unpaired) electrons. The van der Waals surface area contributed by atoms with Crippen molar-refractivity contribution in [2.24, 2.45) is 64.1 Å². The van der Waals surface area contributed by atoms with Crippen molar-refractivity contribution in [1.29, 1.82) is 0 Å². The van der Waals surface area contributed by atoms with E-state index in [1.165, 1.54) is 62.3 Å². The van der Waals surface area contributed by atoms with Crippen LogP contribution < -0.4 is 10.6 Å². The fourth-order valence-electron chi connectivity index (χ4n) is 11.5. The highest BCUT2D eigenvalue weighted by molar-refractivity contribution is 5.94. The first-order chi connectivity index (χ1) is 57.7. The third-order valence-corrected chi connectivity index (χ3v) is 20.9. The fraction of sp³-hybridized carbons (Fsp3) is 0.689. The van der Waals surface area contributed by atoms with Gasteiger partial charge in [0.15, 0.2) is 0 Å². The van der Waals surface area contributed by atoms with Crippen LogP contribution >= 0.6 is 0 Å². The van der Waals surface area contributed by atoms with Crippen LogP contribution in [0.25, 0.3) is 0 Å². The Morgan fingerprint density at radius 2 is 1.04 bits per heavy atom. The SMILES string of the molecule is CC(=O)OC(C)C(C)C.CC(C)C(=O)OC(C)C(C)C.CC(C)C(C)OC(=O)OC1CCCCC1.CC(C)C1OC(=O)c2ccccc21.CC(C)CCC(=O)C(C)(C)C.CC(C)CCN1CCOCC1.CC(C)COC(=O)C(C)(C)C.CC(C)c1ccc2c(c1)CCC2.CC(C)c1ccccc1.COc1ccccc1C(C)C.Cc1oc(=O)oc1CC(C)C. The Morgan fingerprint density at radius 1 is 0.524 bits per heavy atom. The van der Waals surface area contributed by atoms with Gasteiger partial charge in [0, 0.05) is 43.8 Å². The second kappa shape index (κ2) is 64.2. The quantitative estimate of drug-likeness (QED) is 0.0438. The van der Waals surface area contributed by atoms with Crippen LogP contribution in [0.3, 0.4) is 0 Å². The van der Waals surface area contributed by atoms with E-state index in [-0.39, 0.29) is 71.1 Å². The highest BCUT2D eigenvalue weighted by Gasteiger charge is 2.33. The second-order valence-corrected chi connectivity index (χ2v) is 39.5. The number of aryl methyl sites for hydroxylation is 3. The number of carbonyl (C=O) groups excluding carboxylic acids is 6. The molecule has 0 N–H and O–H groups in total. The van der Waals surface area contributed by atoms with E-state index in [2.05, 4.69) is 150 Å². The Morgan fingerprint density at radius 3 is 1.48 bits per heavy atom. The number of methoxy groups -OCH3 is 1. The smallest absolute Gasteiger partial charge is 0.496 e. The Kier molecular flexibility index (Phi) is 61.3. The number of esters is 4. The molecule has 4 aliphatic rings. The number of nitrogens with zero attached hydrogens (tertiary/aromatic N) is 1. The minimum Gasteiger partial charge on any atom is -0.496 e. The molecule has 18 heteroatoms. The number of hydrogen-bond acceptors (Lipinski definition) is 18. The first-order valence-electron chi connectivity index (χ1n) is 46.6. The van der Waals surface area contributed by atoms with Crippen LogP contribution in [0.4, 0.5) is 4.79 Å². The van der Waals surface area contributed by atoms with Gasteiger partial charge in [0.1, 0.15) is 53.6 Å². The molecular weight excluding hydrogens is 1560 g/mol. The van der Waals surface area contributed by atoms with Gasteiger partial charge in [-0.25, -0.2) is 14.4 Å². The molecular formula is C106H177NO17. The number of benzene rings is 4. The summed E-state index contributed by atoms with van der Waals surface area (Å²) in [6, 6.07) is 33.2. The molecule has 1 saturated heterocycles. The van der Waals surface area contributed by atoms with Gasteiger partial charge in [0.25, 0.3) is 0 Å². The summed E-state index contributed by atoms with van der Waals surface area (Å²) in [4.78, 5) is 79.7. The van der Waals surface area contributed by atoms with Gasteiger partial charge < -0.3 is 46.7 Å². The van der Waals surface area contributed by atoms with Gasteiger partial charge in [-0.1, -0.05) is 278 Å². The Labute approximate surface area is 754 Å². The highest BCUT2D eigenvalue weighted by atomic mass is 16.7. The zero-order valence-electron chi connectivity index (χ0n) is 84.7. The summed E-state index contributed by atoms with van der Waals surface area (Å²) in [7, 11) is 1.71. The van der Waals surface area contributed by atoms with Crippen molar-refractivity contribution in [3.63, 3.8) is 0 Å². The first kappa shape index (κ1) is 118. The topological polar surface area (TPSA) is 223 Å². The van der Waals surface area contributed by atoms with E-state index in [1.54, 1.807) is 25.2 Å². The number of para-hydroxylation sites is 1. The van der Waals surface area contributed by atoms with E-state index in [1.807, 2.05) is 180 Å². The fourth-order valence-corrected chi connectivity index (χ4v) is 11.5. The molecule has 708 valence electrons. The minimum atomic E-state index is -0.599. The largest absolute Gasteiger partial charge is 0.519 e. The average molecular weight is 1740 g/mol. The normalized spacial score (nSPS) is 14.8. The van der Waals surface area contributed by atoms with E-state index in [0.717, 1.165) is 94.0 Å². The van der Waals surface area contributed by atoms with Crippen LogP contribution in [0, 0.1) is 71.0 Å². The Bertz CT molecular complexity index is 3680. The van der Waals surface area contributed by atoms with Crippen molar-refractivity contribution in [2.75, 3.05) is 46.6 Å². The molecule has 2 aliphatic carbocycles. The van der Waals surface area contributed by atoms with Crippen LogP contribution in [-0.4, -0.2) is 112 Å². The van der Waals surface area contributed by atoms with Crippen LogP contribution in [-0.2, 0) is 71.6 Å². The summed E-state index contributed by atoms with van der Waals surface area (Å²) in [5, 5.41) is 0. The number of fused-ring (bicyclic) bond motifs is 2. The van der Waals surface area contributed by atoms with Crippen molar-refractivity contribution in [3.8, 4) is 5.75 Å². The molecule has 4 atom stereocenters. The minimum absolute atomic E-state index is 0.0174. The second-order valence-electron chi connectivity index (χ2n) is 39.5. The van der Waals surface area contributed by atoms with Gasteiger partial charge in [-0.15, -0.1) is 0 Å². The maximum atomic E-state index is 11.4. The van der Waals surface area contributed by atoms with Gasteiger partial charge in [0.2, 0.25) is 0 Å². The van der Waals surface area contributed by atoms with Gasteiger partial charge in [-0.3, -0.25) is 24.1 Å². The number of ether oxygens (including phenoxy) is 8. The standard InChI is InChI=1S/C12H22O3.C12H16.C11H12O2.C10H14O.C10H20O.C9H19NO.2C9H18O2.C9H12.C8H12O3.C7H14O2/c1-9(2)10(3)14-12(13)15-11-7-5-4-6-8-11;1-9(2)11-7-6-10-4-3-5-12(10)8-11;1-7(2)10-8-5-3-4-6-9(8)11(12)13-10;1-8(2)9-6-4-5-7-10(9)11-3;1-8(2)6-7-9(11)10(3,4)5;1-9(2)3-4-10-5-7-11-8-6-10;1-7(2)6-11-8(10)9(3,4)5;1-6(2)8(5)11-9(10)7(3)4;1-8(2)9-6-4-3-5-7-9;1-5(2)4-7-6(3)10-8(9)11-7;1-5(2)6(3)9-7(4)8/h9-11H,4-8H2,1-3H3;6-9H,3-5H2,1-2H3;3-7,10H,1-2H3;4-8H,1-3H3;8H,6-7H2,1-5H3;9H,3-8H2,1-2H3;7H,6H2,1-5H3;6-8H,1-5H3;3-8H,1-2H3;5H,4H2,1-3H3;5-6H,1-4H3. The molecule has 1 saturated carbocycles. The van der Waals surface area contributed by atoms with Gasteiger partial charge in [-0.05, 0) is 218 Å². The van der Waals surface area contributed by atoms with E-state index >= 15 is 0 Å². The number of hydrogen-bond donors (Lipinski definition) is 0. The molecule has 0 bridgehead atoms. The molecule has 5 aromatic rings. The van der Waals surface area contributed by atoms with Crippen molar-refractivity contribution >= 4 is 35.8 Å². The molecule has 0 spiro atoms. The van der Waals surface area contributed by atoms with Crippen molar-refractivity contribution in [3.05, 3.63) is 158 Å². The number of ketones is 1. The summed E-state index contributed by atoms with van der Waals surface area (Å²) in [6.45, 7) is 76.5. The van der Waals surface area contributed by atoms with Crippen molar-refractivity contribution in [2.45, 2.75) is 368 Å². The van der Waals surface area contributed by atoms with E-state index < -0.39 is 12.0 Å². The van der Waals surface area contributed by atoms with E-state index in [0.29, 0.717) is 83.1 Å². The molecule has 18 nitrogen and oxygen atoms in total. The van der Waals surface area contributed by atoms with Crippen molar-refractivity contribution in [1.82, 2.24) is 4.90 Å². The predicted molar refractivity (Wildman–Crippen MR) is 511 cm³/mol. The molecule has 4 aromatic carbocycles. The molecule has 2 aliphatic heterocycles. The molecule has 3 heterocycles. The first-order valence-corrected chi connectivity index (χ1v) is 46.6. The maximum Gasteiger partial charge on any atom is 0.519 e. The third kappa shape index (κ3) is 55.8. The lowest BCUT2D eigenvalue weighted by atomic mass is 9.87. The van der Waals surface area contributed by atoms with Crippen LogP contribution in [0.2, 0.25) is 0 Å². The Hall–Kier alpha value is -7.57. The van der Waals surface area contributed by atoms with E-state index in [9.17, 15) is 33.6 Å². The monoisotopic (exact) mass is 1740 g/mol. The van der Waals surface area contributed by atoms with Gasteiger partial charge >= 0.3 is 35.9 Å². The van der Waals surface area contributed by atoms with Gasteiger partial charge in [0.05, 0.1) is 43.8 Å². The number of rotatable bonds is 23. The average Bonchev–Trinajstić information content (AvgIpc) is 1.65. The van der Waals surface area contributed by atoms with Crippen molar-refractivity contribution < 1.29 is 75.5 Å². The lowest BCUT2D eigenvalue weighted by Gasteiger charge is -2.26. The van der Waals surface area contributed by atoms with E-state index in [4.69, 9.17) is 46.7 Å². The Balaban J connectivity index is 0. The molecule has 1 aromatic heterocycles. The molecule has 124 heavy (non-hydrogen) atoms. The molecule has 2 fully saturated rings. The lowest BCUT2D eigenvalue weighted by molar-refractivity contribution is -0.154. The summed E-state index contributed by atoms with van der Waals surface area (Å²) in [5.41, 5.74) is 8.61. The zero-order valence-corrected chi connectivity index (χ0v) is 84.7. The highest BCUT2D eigenvalue weighted by Crippen LogP contribution is 2.36. The van der Waals surface area contributed by atoms with Gasteiger partial charge in [-0.2, -0.15) is 0 Å². The zero-order chi connectivity index (χ0) is 95.3. The molecule has 0 amide bonds.